The van der Waals surface area contributed by atoms with E-state index in [2.05, 4.69) is 15.3 Å². The van der Waals surface area contributed by atoms with Crippen LogP contribution in [0.1, 0.15) is 16.2 Å². The summed E-state index contributed by atoms with van der Waals surface area (Å²) in [6.45, 7) is 0.399. The SMILES string of the molecule is O=C(NCc1cscn1)c1cc(Cl)ccn1. The highest BCUT2D eigenvalue weighted by molar-refractivity contribution is 7.07. The number of nitrogens with zero attached hydrogens (tertiary/aromatic N) is 2. The summed E-state index contributed by atoms with van der Waals surface area (Å²) in [7, 11) is 0. The standard InChI is InChI=1S/C10H8ClN3OS/c11-7-1-2-12-9(3-7)10(15)13-4-8-5-16-6-14-8/h1-3,5-6H,4H2,(H,13,15). The second kappa shape index (κ2) is 5.05. The van der Waals surface area contributed by atoms with Gasteiger partial charge in [-0.1, -0.05) is 11.6 Å². The van der Waals surface area contributed by atoms with Gasteiger partial charge in [0.1, 0.15) is 5.69 Å². The molecule has 0 aromatic carbocycles. The van der Waals surface area contributed by atoms with Gasteiger partial charge in [-0.2, -0.15) is 0 Å². The Morgan fingerprint density at radius 1 is 1.50 bits per heavy atom. The van der Waals surface area contributed by atoms with E-state index in [9.17, 15) is 4.79 Å². The molecule has 82 valence electrons. The summed E-state index contributed by atoms with van der Waals surface area (Å²) >= 11 is 7.25. The molecule has 2 aromatic rings. The van der Waals surface area contributed by atoms with Crippen molar-refractivity contribution in [2.45, 2.75) is 6.54 Å². The van der Waals surface area contributed by atoms with Gasteiger partial charge in [-0.15, -0.1) is 11.3 Å². The lowest BCUT2D eigenvalue weighted by Gasteiger charge is -2.02. The van der Waals surface area contributed by atoms with Crippen LogP contribution in [0.25, 0.3) is 0 Å². The Balaban J connectivity index is 1.98. The summed E-state index contributed by atoms with van der Waals surface area (Å²) in [5.74, 6) is -0.254. The Morgan fingerprint density at radius 3 is 3.06 bits per heavy atom. The molecule has 1 amide bonds. The molecule has 4 nitrogen and oxygen atoms in total. The van der Waals surface area contributed by atoms with Crippen LogP contribution in [-0.2, 0) is 6.54 Å². The van der Waals surface area contributed by atoms with Crippen molar-refractivity contribution in [3.8, 4) is 0 Å². The molecule has 0 saturated carbocycles. The molecular weight excluding hydrogens is 246 g/mol. The van der Waals surface area contributed by atoms with Crippen LogP contribution < -0.4 is 5.32 Å². The molecule has 2 heterocycles. The molecule has 0 spiro atoms. The van der Waals surface area contributed by atoms with Crippen LogP contribution in [0.2, 0.25) is 5.02 Å². The first-order valence-electron chi connectivity index (χ1n) is 4.52. The third-order valence-corrected chi connectivity index (χ3v) is 2.74. The van der Waals surface area contributed by atoms with Crippen molar-refractivity contribution in [2.75, 3.05) is 0 Å². The summed E-state index contributed by atoms with van der Waals surface area (Å²) in [6.07, 6.45) is 1.50. The number of carbonyl (C=O) groups excluding carboxylic acids is 1. The molecule has 0 aliphatic heterocycles. The molecule has 0 unspecified atom stereocenters. The normalized spacial score (nSPS) is 10.1. The second-order valence-electron chi connectivity index (χ2n) is 3.02. The van der Waals surface area contributed by atoms with Crippen LogP contribution >= 0.6 is 22.9 Å². The number of nitrogens with one attached hydrogen (secondary N) is 1. The largest absolute Gasteiger partial charge is 0.345 e. The average Bonchev–Trinajstić information content (AvgIpc) is 2.78. The van der Waals surface area contributed by atoms with Crippen molar-refractivity contribution in [3.05, 3.63) is 45.6 Å². The van der Waals surface area contributed by atoms with Crippen LogP contribution in [0.3, 0.4) is 0 Å². The molecule has 1 N–H and O–H groups in total. The molecule has 2 rings (SSSR count). The first kappa shape index (κ1) is 11.0. The Hall–Kier alpha value is -1.46. The predicted molar refractivity (Wildman–Crippen MR) is 62.5 cm³/mol. The molecule has 2 aromatic heterocycles. The number of hydrogen-bond acceptors (Lipinski definition) is 4. The van der Waals surface area contributed by atoms with Crippen molar-refractivity contribution in [2.24, 2.45) is 0 Å². The highest BCUT2D eigenvalue weighted by atomic mass is 35.5. The minimum Gasteiger partial charge on any atom is -0.345 e. The van der Waals surface area contributed by atoms with Crippen LogP contribution in [0, 0.1) is 0 Å². The van der Waals surface area contributed by atoms with Crippen molar-refractivity contribution >= 4 is 28.8 Å². The molecule has 0 atom stereocenters. The molecule has 0 fully saturated rings. The van der Waals surface area contributed by atoms with Gasteiger partial charge in [0.25, 0.3) is 5.91 Å². The minimum absolute atomic E-state index is 0.254. The minimum atomic E-state index is -0.254. The first-order chi connectivity index (χ1) is 7.75. The van der Waals surface area contributed by atoms with Gasteiger partial charge < -0.3 is 5.32 Å². The fraction of sp³-hybridized carbons (Fsp3) is 0.100. The summed E-state index contributed by atoms with van der Waals surface area (Å²) in [5, 5.41) is 5.09. The van der Waals surface area contributed by atoms with Crippen LogP contribution in [0.15, 0.2) is 29.2 Å². The Bertz CT molecular complexity index is 487. The van der Waals surface area contributed by atoms with Gasteiger partial charge in [0.15, 0.2) is 0 Å². The lowest BCUT2D eigenvalue weighted by atomic mass is 10.3. The molecule has 0 radical (unpaired) electrons. The summed E-state index contributed by atoms with van der Waals surface area (Å²) in [6, 6.07) is 3.15. The highest BCUT2D eigenvalue weighted by Crippen LogP contribution is 2.08. The fourth-order valence-corrected chi connectivity index (χ4v) is 1.83. The first-order valence-corrected chi connectivity index (χ1v) is 5.84. The Labute approximate surface area is 101 Å². The average molecular weight is 254 g/mol. The lowest BCUT2D eigenvalue weighted by Crippen LogP contribution is -2.23. The van der Waals surface area contributed by atoms with Crippen LogP contribution in [-0.4, -0.2) is 15.9 Å². The molecule has 0 saturated heterocycles. The number of pyridine rings is 1. The summed E-state index contributed by atoms with van der Waals surface area (Å²) in [4.78, 5) is 19.6. The predicted octanol–water partition coefficient (Wildman–Crippen LogP) is 2.12. The molecular formula is C10H8ClN3OS. The van der Waals surface area contributed by atoms with E-state index in [1.807, 2.05) is 5.38 Å². The van der Waals surface area contributed by atoms with Gasteiger partial charge in [0.05, 0.1) is 17.7 Å². The van der Waals surface area contributed by atoms with E-state index < -0.39 is 0 Å². The number of hydrogen-bond donors (Lipinski definition) is 1. The third kappa shape index (κ3) is 2.77. The smallest absolute Gasteiger partial charge is 0.270 e. The van der Waals surface area contributed by atoms with Gasteiger partial charge in [-0.05, 0) is 12.1 Å². The number of carbonyl (C=O) groups is 1. The van der Waals surface area contributed by atoms with E-state index in [1.54, 1.807) is 11.6 Å². The van der Waals surface area contributed by atoms with E-state index in [4.69, 9.17) is 11.6 Å². The molecule has 6 heteroatoms. The fourth-order valence-electron chi connectivity index (χ4n) is 1.12. The molecule has 0 aliphatic carbocycles. The number of aromatic nitrogens is 2. The zero-order valence-corrected chi connectivity index (χ0v) is 9.76. The maximum Gasteiger partial charge on any atom is 0.270 e. The zero-order valence-electron chi connectivity index (χ0n) is 8.18. The molecule has 16 heavy (non-hydrogen) atoms. The Morgan fingerprint density at radius 2 is 2.38 bits per heavy atom. The number of thiazole rings is 1. The lowest BCUT2D eigenvalue weighted by molar-refractivity contribution is 0.0945. The second-order valence-corrected chi connectivity index (χ2v) is 4.18. The number of halogens is 1. The third-order valence-electron chi connectivity index (χ3n) is 1.87. The van der Waals surface area contributed by atoms with E-state index in [0.717, 1.165) is 5.69 Å². The van der Waals surface area contributed by atoms with E-state index in [-0.39, 0.29) is 5.91 Å². The monoisotopic (exact) mass is 253 g/mol. The summed E-state index contributed by atoms with van der Waals surface area (Å²) < 4.78 is 0. The van der Waals surface area contributed by atoms with E-state index in [1.165, 1.54) is 23.6 Å². The van der Waals surface area contributed by atoms with Gasteiger partial charge >= 0.3 is 0 Å². The zero-order chi connectivity index (χ0) is 11.4. The van der Waals surface area contributed by atoms with Gasteiger partial charge in [-0.25, -0.2) is 4.98 Å². The van der Waals surface area contributed by atoms with Gasteiger partial charge in [0, 0.05) is 16.6 Å². The maximum absolute atomic E-state index is 11.6. The maximum atomic E-state index is 11.6. The quantitative estimate of drug-likeness (QED) is 0.912. The van der Waals surface area contributed by atoms with Crippen LogP contribution in [0.4, 0.5) is 0 Å². The highest BCUT2D eigenvalue weighted by Gasteiger charge is 2.07. The summed E-state index contributed by atoms with van der Waals surface area (Å²) in [5.41, 5.74) is 2.86. The molecule has 0 aliphatic rings. The Kier molecular flexibility index (Phi) is 3.48. The topological polar surface area (TPSA) is 54.9 Å². The van der Waals surface area contributed by atoms with Crippen molar-refractivity contribution in [1.29, 1.82) is 0 Å². The van der Waals surface area contributed by atoms with Crippen molar-refractivity contribution < 1.29 is 4.79 Å². The number of rotatable bonds is 3. The molecule has 0 bridgehead atoms. The van der Waals surface area contributed by atoms with Gasteiger partial charge in [-0.3, -0.25) is 9.78 Å². The van der Waals surface area contributed by atoms with E-state index >= 15 is 0 Å². The van der Waals surface area contributed by atoms with Gasteiger partial charge in [0.2, 0.25) is 0 Å². The van der Waals surface area contributed by atoms with Crippen molar-refractivity contribution in [3.63, 3.8) is 0 Å². The van der Waals surface area contributed by atoms with E-state index in [0.29, 0.717) is 17.3 Å². The van der Waals surface area contributed by atoms with Crippen molar-refractivity contribution in [1.82, 2.24) is 15.3 Å². The number of amides is 1. The van der Waals surface area contributed by atoms with Crippen LogP contribution in [0.5, 0.6) is 0 Å².